The zero-order valence-corrected chi connectivity index (χ0v) is 11.3. The molecule has 1 aliphatic carbocycles. The van der Waals surface area contributed by atoms with Crippen LogP contribution in [0.4, 0.5) is 0 Å². The number of nitriles is 1. The number of hydrogen-bond acceptors (Lipinski definition) is 3. The molecule has 4 heteroatoms. The molecule has 0 bridgehead atoms. The summed E-state index contributed by atoms with van der Waals surface area (Å²) in [6.45, 7) is 0.785. The number of nitrogens with zero attached hydrogens (tertiary/aromatic N) is 3. The van der Waals surface area contributed by atoms with Crippen LogP contribution in [0, 0.1) is 17.2 Å². The molecule has 19 heavy (non-hydrogen) atoms. The zero-order valence-electron chi connectivity index (χ0n) is 11.3. The fourth-order valence-electron chi connectivity index (χ4n) is 2.62. The van der Waals surface area contributed by atoms with E-state index in [0.29, 0.717) is 5.56 Å². The second kappa shape index (κ2) is 6.33. The van der Waals surface area contributed by atoms with E-state index in [4.69, 9.17) is 5.26 Å². The van der Waals surface area contributed by atoms with Gasteiger partial charge in [0, 0.05) is 25.4 Å². The van der Waals surface area contributed by atoms with Gasteiger partial charge in [0.15, 0.2) is 0 Å². The van der Waals surface area contributed by atoms with Crippen LogP contribution in [-0.2, 0) is 0 Å². The van der Waals surface area contributed by atoms with Crippen molar-refractivity contribution >= 4 is 5.91 Å². The molecule has 1 aromatic heterocycles. The van der Waals surface area contributed by atoms with Crippen molar-refractivity contribution in [3.05, 3.63) is 29.6 Å². The molecule has 0 unspecified atom stereocenters. The van der Waals surface area contributed by atoms with Crippen molar-refractivity contribution in [1.29, 1.82) is 5.26 Å². The van der Waals surface area contributed by atoms with E-state index in [0.717, 1.165) is 18.9 Å². The zero-order chi connectivity index (χ0) is 13.7. The Morgan fingerprint density at radius 2 is 2.26 bits per heavy atom. The van der Waals surface area contributed by atoms with Gasteiger partial charge in [0.2, 0.25) is 0 Å². The van der Waals surface area contributed by atoms with Crippen molar-refractivity contribution < 1.29 is 4.79 Å². The van der Waals surface area contributed by atoms with Crippen LogP contribution in [0.2, 0.25) is 0 Å². The third-order valence-electron chi connectivity index (χ3n) is 3.82. The van der Waals surface area contributed by atoms with Crippen LogP contribution >= 0.6 is 0 Å². The van der Waals surface area contributed by atoms with E-state index in [1.807, 2.05) is 13.1 Å². The summed E-state index contributed by atoms with van der Waals surface area (Å²) in [5.41, 5.74) is 0.829. The Balaban J connectivity index is 1.92. The predicted molar refractivity (Wildman–Crippen MR) is 72.5 cm³/mol. The molecule has 0 aromatic carbocycles. The van der Waals surface area contributed by atoms with E-state index in [9.17, 15) is 4.79 Å². The molecule has 2 rings (SSSR count). The highest BCUT2D eigenvalue weighted by Crippen LogP contribution is 2.27. The third-order valence-corrected chi connectivity index (χ3v) is 3.82. The van der Waals surface area contributed by atoms with Gasteiger partial charge in [0.25, 0.3) is 5.91 Å². The molecular weight excluding hydrogens is 238 g/mol. The summed E-state index contributed by atoms with van der Waals surface area (Å²) >= 11 is 0. The first-order valence-electron chi connectivity index (χ1n) is 6.82. The van der Waals surface area contributed by atoms with Crippen LogP contribution in [0.5, 0.6) is 0 Å². The van der Waals surface area contributed by atoms with Gasteiger partial charge in [-0.25, -0.2) is 4.98 Å². The van der Waals surface area contributed by atoms with Crippen LogP contribution in [0.1, 0.15) is 48.2 Å². The SMILES string of the molecule is CN(CCC1CCCC1)C(=O)c1ccnc(C#N)c1. The van der Waals surface area contributed by atoms with Crippen molar-refractivity contribution in [2.75, 3.05) is 13.6 Å². The lowest BCUT2D eigenvalue weighted by Crippen LogP contribution is -2.28. The molecule has 1 fully saturated rings. The highest BCUT2D eigenvalue weighted by molar-refractivity contribution is 5.94. The molecule has 100 valence electrons. The van der Waals surface area contributed by atoms with Crippen LogP contribution in [0.15, 0.2) is 18.3 Å². The summed E-state index contributed by atoms with van der Waals surface area (Å²) in [6, 6.07) is 5.17. The lowest BCUT2D eigenvalue weighted by molar-refractivity contribution is 0.0787. The molecule has 1 amide bonds. The van der Waals surface area contributed by atoms with E-state index in [1.165, 1.54) is 31.9 Å². The van der Waals surface area contributed by atoms with E-state index in [1.54, 1.807) is 17.0 Å². The summed E-state index contributed by atoms with van der Waals surface area (Å²) in [7, 11) is 1.82. The molecule has 0 saturated heterocycles. The summed E-state index contributed by atoms with van der Waals surface area (Å²) in [5.74, 6) is 0.749. The first-order chi connectivity index (χ1) is 9.20. The smallest absolute Gasteiger partial charge is 0.253 e. The normalized spacial score (nSPS) is 15.2. The molecular formula is C15H19N3O. The lowest BCUT2D eigenvalue weighted by Gasteiger charge is -2.19. The van der Waals surface area contributed by atoms with Gasteiger partial charge in [-0.1, -0.05) is 25.7 Å². The van der Waals surface area contributed by atoms with Gasteiger partial charge in [-0.3, -0.25) is 4.79 Å². The molecule has 0 spiro atoms. The van der Waals surface area contributed by atoms with Crippen LogP contribution < -0.4 is 0 Å². The molecule has 1 aromatic rings. The molecule has 1 heterocycles. The van der Waals surface area contributed by atoms with Gasteiger partial charge < -0.3 is 4.90 Å². The van der Waals surface area contributed by atoms with Gasteiger partial charge in [-0.15, -0.1) is 0 Å². The van der Waals surface area contributed by atoms with Crippen molar-refractivity contribution in [1.82, 2.24) is 9.88 Å². The summed E-state index contributed by atoms with van der Waals surface area (Å²) < 4.78 is 0. The quantitative estimate of drug-likeness (QED) is 0.833. The average molecular weight is 257 g/mol. The Morgan fingerprint density at radius 1 is 1.53 bits per heavy atom. The number of carbonyl (C=O) groups is 1. The van der Waals surface area contributed by atoms with E-state index >= 15 is 0 Å². The number of amides is 1. The average Bonchev–Trinajstić information content (AvgIpc) is 2.97. The van der Waals surface area contributed by atoms with Gasteiger partial charge in [-0.2, -0.15) is 5.26 Å². The summed E-state index contributed by atoms with van der Waals surface area (Å²) in [4.78, 5) is 17.8. The fourth-order valence-corrected chi connectivity index (χ4v) is 2.62. The van der Waals surface area contributed by atoms with Crippen LogP contribution in [-0.4, -0.2) is 29.4 Å². The maximum absolute atomic E-state index is 12.2. The maximum Gasteiger partial charge on any atom is 0.253 e. The number of rotatable bonds is 4. The Hall–Kier alpha value is -1.89. The first kappa shape index (κ1) is 13.5. The Kier molecular flexibility index (Phi) is 4.51. The Morgan fingerprint density at radius 3 is 2.95 bits per heavy atom. The minimum absolute atomic E-state index is 0.0307. The standard InChI is InChI=1S/C15H19N3O/c1-18(9-7-12-4-2-3-5-12)15(19)13-6-8-17-14(10-13)11-16/h6,8,10,12H,2-5,7,9H2,1H3. The third kappa shape index (κ3) is 3.54. The van der Waals surface area contributed by atoms with Crippen molar-refractivity contribution in [3.63, 3.8) is 0 Å². The van der Waals surface area contributed by atoms with E-state index in [-0.39, 0.29) is 11.6 Å². The number of hydrogen-bond donors (Lipinski definition) is 0. The van der Waals surface area contributed by atoms with Crippen molar-refractivity contribution in [3.8, 4) is 6.07 Å². The largest absolute Gasteiger partial charge is 0.342 e. The van der Waals surface area contributed by atoms with E-state index < -0.39 is 0 Å². The molecule has 1 aliphatic rings. The molecule has 0 N–H and O–H groups in total. The molecule has 0 radical (unpaired) electrons. The van der Waals surface area contributed by atoms with Crippen LogP contribution in [0.3, 0.4) is 0 Å². The maximum atomic E-state index is 12.2. The minimum Gasteiger partial charge on any atom is -0.342 e. The highest BCUT2D eigenvalue weighted by atomic mass is 16.2. The van der Waals surface area contributed by atoms with E-state index in [2.05, 4.69) is 4.98 Å². The number of pyridine rings is 1. The van der Waals surface area contributed by atoms with Gasteiger partial charge in [0.1, 0.15) is 11.8 Å². The molecule has 0 atom stereocenters. The van der Waals surface area contributed by atoms with Crippen LogP contribution in [0.25, 0.3) is 0 Å². The number of aromatic nitrogens is 1. The van der Waals surface area contributed by atoms with Gasteiger partial charge in [-0.05, 0) is 24.5 Å². The second-order valence-corrected chi connectivity index (χ2v) is 5.21. The molecule has 4 nitrogen and oxygen atoms in total. The fraction of sp³-hybridized carbons (Fsp3) is 0.533. The van der Waals surface area contributed by atoms with Gasteiger partial charge in [0.05, 0.1) is 0 Å². The first-order valence-corrected chi connectivity index (χ1v) is 6.82. The Bertz CT molecular complexity index is 486. The van der Waals surface area contributed by atoms with Gasteiger partial charge >= 0.3 is 0 Å². The lowest BCUT2D eigenvalue weighted by atomic mass is 10.0. The predicted octanol–water partition coefficient (Wildman–Crippen LogP) is 2.61. The molecule has 1 saturated carbocycles. The Labute approximate surface area is 114 Å². The second-order valence-electron chi connectivity index (χ2n) is 5.21. The minimum atomic E-state index is -0.0307. The van der Waals surface area contributed by atoms with Crippen molar-refractivity contribution in [2.24, 2.45) is 5.92 Å². The number of carbonyl (C=O) groups excluding carboxylic acids is 1. The summed E-state index contributed by atoms with van der Waals surface area (Å²) in [6.07, 6.45) is 7.86. The summed E-state index contributed by atoms with van der Waals surface area (Å²) in [5, 5.41) is 8.79. The topological polar surface area (TPSA) is 57.0 Å². The monoisotopic (exact) mass is 257 g/mol. The van der Waals surface area contributed by atoms with Crippen molar-refractivity contribution in [2.45, 2.75) is 32.1 Å². The highest BCUT2D eigenvalue weighted by Gasteiger charge is 2.18. The molecule has 0 aliphatic heterocycles.